The van der Waals surface area contributed by atoms with E-state index < -0.39 is 0 Å². The molecule has 1 aliphatic rings. The number of benzene rings is 1. The van der Waals surface area contributed by atoms with Crippen LogP contribution in [0.15, 0.2) is 30.3 Å². The maximum Gasteiger partial charge on any atom is 0.107 e. The predicted molar refractivity (Wildman–Crippen MR) is 116 cm³/mol. The summed E-state index contributed by atoms with van der Waals surface area (Å²) < 4.78 is 0. The Hall–Kier alpha value is -0.900. The summed E-state index contributed by atoms with van der Waals surface area (Å²) in [6.45, 7) is 4.86. The highest BCUT2D eigenvalue weighted by Crippen LogP contribution is 2.35. The van der Waals surface area contributed by atoms with E-state index in [9.17, 15) is 5.11 Å². The second-order valence-electron chi connectivity index (χ2n) is 8.48. The van der Waals surface area contributed by atoms with Gasteiger partial charge in [0.05, 0.1) is 0 Å². The van der Waals surface area contributed by atoms with Crippen LogP contribution in [0, 0.1) is 0 Å². The largest absolute Gasteiger partial charge is 0.378 e. The molecule has 27 heavy (non-hydrogen) atoms. The summed E-state index contributed by atoms with van der Waals surface area (Å²) in [5.74, 6) is 0. The van der Waals surface area contributed by atoms with E-state index in [-0.39, 0.29) is 11.6 Å². The molecule has 1 unspecified atom stereocenters. The minimum atomic E-state index is -0.277. The molecule has 0 aliphatic carbocycles. The van der Waals surface area contributed by atoms with Crippen molar-refractivity contribution in [3.63, 3.8) is 0 Å². The number of hydrogen-bond donors (Lipinski definition) is 2. The highest BCUT2D eigenvalue weighted by molar-refractivity contribution is 5.26. The molecule has 1 atom stereocenters. The third-order valence-electron chi connectivity index (χ3n) is 6.52. The lowest BCUT2D eigenvalue weighted by Crippen LogP contribution is -2.49. The van der Waals surface area contributed by atoms with Gasteiger partial charge in [-0.05, 0) is 31.2 Å². The molecule has 1 saturated heterocycles. The van der Waals surface area contributed by atoms with Crippen LogP contribution in [0.1, 0.15) is 89.5 Å². The fourth-order valence-electron chi connectivity index (χ4n) is 4.47. The van der Waals surface area contributed by atoms with Gasteiger partial charge in [-0.1, -0.05) is 88.6 Å². The average molecular weight is 375 g/mol. The second kappa shape index (κ2) is 12.5. The van der Waals surface area contributed by atoms with Crippen molar-refractivity contribution in [3.8, 4) is 0 Å². The summed E-state index contributed by atoms with van der Waals surface area (Å²) in [5, 5.41) is 10.6. The van der Waals surface area contributed by atoms with Crippen molar-refractivity contribution in [2.75, 3.05) is 19.6 Å². The maximum absolute atomic E-state index is 10.6. The molecule has 0 radical (unpaired) electrons. The molecule has 3 N–H and O–H groups in total. The Morgan fingerprint density at radius 3 is 2.04 bits per heavy atom. The summed E-state index contributed by atoms with van der Waals surface area (Å²) >= 11 is 0. The van der Waals surface area contributed by atoms with Crippen LogP contribution in [0.25, 0.3) is 0 Å². The van der Waals surface area contributed by atoms with E-state index >= 15 is 0 Å². The van der Waals surface area contributed by atoms with Crippen LogP contribution in [-0.4, -0.2) is 35.9 Å². The molecule has 1 aliphatic heterocycles. The highest BCUT2D eigenvalue weighted by atomic mass is 16.3. The Kier molecular flexibility index (Phi) is 10.4. The van der Waals surface area contributed by atoms with Crippen molar-refractivity contribution in [1.82, 2.24) is 4.90 Å². The zero-order valence-electron chi connectivity index (χ0n) is 17.5. The summed E-state index contributed by atoms with van der Waals surface area (Å²) in [4.78, 5) is 2.27. The monoisotopic (exact) mass is 374 g/mol. The van der Waals surface area contributed by atoms with Gasteiger partial charge in [-0.3, -0.25) is 4.90 Å². The molecule has 2 rings (SSSR count). The van der Waals surface area contributed by atoms with Crippen molar-refractivity contribution in [2.24, 2.45) is 5.73 Å². The Morgan fingerprint density at radius 2 is 1.48 bits per heavy atom. The van der Waals surface area contributed by atoms with Crippen molar-refractivity contribution >= 4 is 0 Å². The van der Waals surface area contributed by atoms with E-state index in [2.05, 4.69) is 42.2 Å². The number of piperidine rings is 1. The SMILES string of the molecule is CCCCCCCCCCCC(O)N1CCC(CN)(c2ccccc2)CC1. The molecule has 1 aromatic carbocycles. The predicted octanol–water partition coefficient (Wildman–Crippen LogP) is 5.22. The molecule has 1 heterocycles. The molecule has 0 spiro atoms. The Morgan fingerprint density at radius 1 is 0.926 bits per heavy atom. The van der Waals surface area contributed by atoms with E-state index in [4.69, 9.17) is 5.73 Å². The molecule has 0 saturated carbocycles. The molecule has 1 fully saturated rings. The average Bonchev–Trinajstić information content (AvgIpc) is 2.73. The number of hydrogen-bond acceptors (Lipinski definition) is 3. The lowest BCUT2D eigenvalue weighted by atomic mass is 9.73. The van der Waals surface area contributed by atoms with Crippen LogP contribution in [0.5, 0.6) is 0 Å². The van der Waals surface area contributed by atoms with Gasteiger partial charge >= 0.3 is 0 Å². The molecule has 3 heteroatoms. The Balaban J connectivity index is 1.61. The van der Waals surface area contributed by atoms with Crippen molar-refractivity contribution in [1.29, 1.82) is 0 Å². The maximum atomic E-state index is 10.6. The van der Waals surface area contributed by atoms with Gasteiger partial charge in [0, 0.05) is 25.0 Å². The third kappa shape index (κ3) is 7.21. The van der Waals surface area contributed by atoms with Gasteiger partial charge < -0.3 is 10.8 Å². The fourth-order valence-corrected chi connectivity index (χ4v) is 4.47. The van der Waals surface area contributed by atoms with Crippen LogP contribution in [0.3, 0.4) is 0 Å². The van der Waals surface area contributed by atoms with E-state index in [1.165, 1.54) is 56.9 Å². The number of unbranched alkanes of at least 4 members (excludes halogenated alkanes) is 8. The first-order valence-electron chi connectivity index (χ1n) is 11.4. The van der Waals surface area contributed by atoms with Crippen LogP contribution in [0.2, 0.25) is 0 Å². The fraction of sp³-hybridized carbons (Fsp3) is 0.750. The van der Waals surface area contributed by atoms with Gasteiger partial charge in [0.2, 0.25) is 0 Å². The van der Waals surface area contributed by atoms with Gasteiger partial charge in [-0.15, -0.1) is 0 Å². The standard InChI is InChI=1S/C24H42N2O/c1-2-3-4-5-6-7-8-9-13-16-23(27)26-19-17-24(21-25,18-20-26)22-14-11-10-12-15-22/h10-12,14-15,23,27H,2-9,13,16-21,25H2,1H3. The molecule has 0 bridgehead atoms. The number of aliphatic hydroxyl groups excluding tert-OH is 1. The van der Waals surface area contributed by atoms with E-state index in [1.54, 1.807) is 0 Å². The van der Waals surface area contributed by atoms with E-state index in [1.807, 2.05) is 0 Å². The molecule has 0 aromatic heterocycles. The number of nitrogens with zero attached hydrogens (tertiary/aromatic N) is 1. The van der Waals surface area contributed by atoms with Gasteiger partial charge in [0.25, 0.3) is 0 Å². The summed E-state index contributed by atoms with van der Waals surface area (Å²) in [7, 11) is 0. The molecule has 154 valence electrons. The number of nitrogens with two attached hydrogens (primary N) is 1. The first-order chi connectivity index (χ1) is 13.2. The number of rotatable bonds is 13. The zero-order chi connectivity index (χ0) is 19.4. The normalized spacial score (nSPS) is 18.5. The van der Waals surface area contributed by atoms with Crippen LogP contribution in [0.4, 0.5) is 0 Å². The third-order valence-corrected chi connectivity index (χ3v) is 6.52. The first kappa shape index (κ1) is 22.4. The molecular weight excluding hydrogens is 332 g/mol. The lowest BCUT2D eigenvalue weighted by Gasteiger charge is -2.43. The van der Waals surface area contributed by atoms with Crippen LogP contribution in [-0.2, 0) is 5.41 Å². The van der Waals surface area contributed by atoms with Gasteiger partial charge in [-0.25, -0.2) is 0 Å². The highest BCUT2D eigenvalue weighted by Gasteiger charge is 2.36. The molecular formula is C24H42N2O. The van der Waals surface area contributed by atoms with E-state index in [0.29, 0.717) is 6.54 Å². The minimum Gasteiger partial charge on any atom is -0.378 e. The smallest absolute Gasteiger partial charge is 0.107 e. The second-order valence-corrected chi connectivity index (χ2v) is 8.48. The van der Waals surface area contributed by atoms with Gasteiger partial charge in [0.15, 0.2) is 0 Å². The zero-order valence-corrected chi connectivity index (χ0v) is 17.5. The number of aliphatic hydroxyl groups is 1. The topological polar surface area (TPSA) is 49.5 Å². The quantitative estimate of drug-likeness (QED) is 0.466. The molecule has 0 amide bonds. The summed E-state index contributed by atoms with van der Waals surface area (Å²) in [6, 6.07) is 10.7. The van der Waals surface area contributed by atoms with Crippen molar-refractivity contribution in [3.05, 3.63) is 35.9 Å². The number of likely N-dealkylation sites (tertiary alicyclic amines) is 1. The van der Waals surface area contributed by atoms with Gasteiger partial charge in [-0.2, -0.15) is 0 Å². The summed E-state index contributed by atoms with van der Waals surface area (Å²) in [5.41, 5.74) is 7.63. The Bertz CT molecular complexity index is 482. The molecule has 3 nitrogen and oxygen atoms in total. The van der Waals surface area contributed by atoms with E-state index in [0.717, 1.165) is 38.8 Å². The van der Waals surface area contributed by atoms with Crippen LogP contribution >= 0.6 is 0 Å². The molecule has 1 aromatic rings. The van der Waals surface area contributed by atoms with Crippen molar-refractivity contribution in [2.45, 2.75) is 95.6 Å². The van der Waals surface area contributed by atoms with Crippen LogP contribution < -0.4 is 5.73 Å². The van der Waals surface area contributed by atoms with Gasteiger partial charge in [0.1, 0.15) is 6.23 Å². The first-order valence-corrected chi connectivity index (χ1v) is 11.4. The lowest BCUT2D eigenvalue weighted by molar-refractivity contribution is -0.0272. The summed E-state index contributed by atoms with van der Waals surface area (Å²) in [6.07, 6.45) is 14.7. The minimum absolute atomic E-state index is 0.0925. The Labute approximate surface area is 167 Å². The van der Waals surface area contributed by atoms with Crippen molar-refractivity contribution < 1.29 is 5.11 Å².